The van der Waals surface area contributed by atoms with E-state index in [1.165, 1.54) is 11.3 Å². The van der Waals surface area contributed by atoms with Gasteiger partial charge in [-0.1, -0.05) is 19.1 Å². The highest BCUT2D eigenvalue weighted by molar-refractivity contribution is 7.15. The van der Waals surface area contributed by atoms with E-state index in [1.807, 2.05) is 25.1 Å². The first-order valence-corrected chi connectivity index (χ1v) is 6.94. The summed E-state index contributed by atoms with van der Waals surface area (Å²) >= 11 is 1.50. The summed E-state index contributed by atoms with van der Waals surface area (Å²) in [5.74, 6) is -1.82. The number of hydrogen-bond donors (Lipinski definition) is 2. The molecule has 0 aliphatic carbocycles. The molecule has 0 amide bonds. The first-order chi connectivity index (χ1) is 9.47. The Hall–Kier alpha value is -2.14. The molecule has 0 spiro atoms. The lowest BCUT2D eigenvalue weighted by molar-refractivity contribution is -0.137. The van der Waals surface area contributed by atoms with E-state index >= 15 is 0 Å². The molecule has 20 heavy (non-hydrogen) atoms. The van der Waals surface area contributed by atoms with Crippen molar-refractivity contribution in [3.63, 3.8) is 0 Å². The van der Waals surface area contributed by atoms with Crippen LogP contribution in [0, 0.1) is 0 Å². The fraction of sp³-hybridized carbons (Fsp3) is 0.200. The molecule has 0 fully saturated rings. The summed E-state index contributed by atoms with van der Waals surface area (Å²) in [5, 5.41) is 17.8. The standard InChI is InChI=1S/C15H14O4S/c1-9(7-14(16)17)12-5-6-13(20-12)10-3-2-4-11(8-10)15(18)19/h2-6,8-9H,7H2,1H3,(H,16,17)(H,18,19). The fourth-order valence-electron chi connectivity index (χ4n) is 1.94. The lowest BCUT2D eigenvalue weighted by atomic mass is 10.1. The molecule has 0 bridgehead atoms. The van der Waals surface area contributed by atoms with Gasteiger partial charge in [-0.05, 0) is 29.8 Å². The number of aliphatic carboxylic acids is 1. The van der Waals surface area contributed by atoms with E-state index in [-0.39, 0.29) is 17.9 Å². The molecular formula is C15H14O4S. The highest BCUT2D eigenvalue weighted by atomic mass is 32.1. The molecule has 1 aromatic heterocycles. The molecule has 2 N–H and O–H groups in total. The number of carboxylic acid groups (broad SMARTS) is 2. The summed E-state index contributed by atoms with van der Waals surface area (Å²) in [7, 11) is 0. The second-order valence-electron chi connectivity index (χ2n) is 4.59. The van der Waals surface area contributed by atoms with Crippen molar-refractivity contribution in [2.75, 3.05) is 0 Å². The zero-order valence-electron chi connectivity index (χ0n) is 10.9. The van der Waals surface area contributed by atoms with Gasteiger partial charge < -0.3 is 10.2 Å². The van der Waals surface area contributed by atoms with Crippen LogP contribution in [0.5, 0.6) is 0 Å². The number of aromatic carboxylic acids is 1. The highest BCUT2D eigenvalue weighted by Gasteiger charge is 2.13. The van der Waals surface area contributed by atoms with E-state index < -0.39 is 11.9 Å². The van der Waals surface area contributed by atoms with Gasteiger partial charge in [0.25, 0.3) is 0 Å². The van der Waals surface area contributed by atoms with E-state index in [4.69, 9.17) is 10.2 Å². The number of carbonyl (C=O) groups is 2. The van der Waals surface area contributed by atoms with Crippen molar-refractivity contribution < 1.29 is 19.8 Å². The third kappa shape index (κ3) is 3.24. The number of thiophene rings is 1. The van der Waals surface area contributed by atoms with E-state index in [0.29, 0.717) is 0 Å². The molecule has 104 valence electrons. The Morgan fingerprint density at radius 1 is 1.20 bits per heavy atom. The molecule has 5 heteroatoms. The van der Waals surface area contributed by atoms with Gasteiger partial charge in [-0.3, -0.25) is 4.79 Å². The minimum atomic E-state index is -0.956. The molecule has 0 saturated heterocycles. The second-order valence-corrected chi connectivity index (χ2v) is 5.70. The lowest BCUT2D eigenvalue weighted by Crippen LogP contribution is -2.00. The Morgan fingerprint density at radius 2 is 1.95 bits per heavy atom. The van der Waals surface area contributed by atoms with E-state index in [9.17, 15) is 9.59 Å². The van der Waals surface area contributed by atoms with Gasteiger partial charge in [0.05, 0.1) is 12.0 Å². The summed E-state index contributed by atoms with van der Waals surface area (Å²) in [5.41, 5.74) is 1.08. The Kier molecular flexibility index (Phi) is 4.20. The van der Waals surface area contributed by atoms with Crippen LogP contribution in [0.2, 0.25) is 0 Å². The molecule has 2 rings (SSSR count). The molecule has 1 heterocycles. The van der Waals surface area contributed by atoms with Gasteiger partial charge in [0.15, 0.2) is 0 Å². The Balaban J connectivity index is 2.26. The van der Waals surface area contributed by atoms with Crippen molar-refractivity contribution in [1.82, 2.24) is 0 Å². The molecule has 0 aliphatic rings. The Morgan fingerprint density at radius 3 is 2.60 bits per heavy atom. The van der Waals surface area contributed by atoms with E-state index in [2.05, 4.69) is 0 Å². The van der Waals surface area contributed by atoms with Crippen molar-refractivity contribution in [1.29, 1.82) is 0 Å². The normalized spacial score (nSPS) is 12.1. The van der Waals surface area contributed by atoms with Crippen LogP contribution >= 0.6 is 11.3 Å². The molecular weight excluding hydrogens is 276 g/mol. The largest absolute Gasteiger partial charge is 0.481 e. The van der Waals surface area contributed by atoms with Gasteiger partial charge in [0.1, 0.15) is 0 Å². The van der Waals surface area contributed by atoms with Crippen molar-refractivity contribution in [3.8, 4) is 10.4 Å². The molecule has 1 atom stereocenters. The topological polar surface area (TPSA) is 74.6 Å². The first kappa shape index (κ1) is 14.3. The zero-order valence-corrected chi connectivity index (χ0v) is 11.7. The van der Waals surface area contributed by atoms with Crippen LogP contribution in [-0.2, 0) is 4.79 Å². The van der Waals surface area contributed by atoms with Crippen LogP contribution in [0.3, 0.4) is 0 Å². The van der Waals surface area contributed by atoms with Crippen LogP contribution in [0.15, 0.2) is 36.4 Å². The minimum Gasteiger partial charge on any atom is -0.481 e. The maximum absolute atomic E-state index is 11.0. The predicted octanol–water partition coefficient (Wildman–Crippen LogP) is 3.69. The quantitative estimate of drug-likeness (QED) is 0.880. The minimum absolute atomic E-state index is 0.0473. The Bertz CT molecular complexity index is 645. The molecule has 2 aromatic rings. The average molecular weight is 290 g/mol. The predicted molar refractivity (Wildman–Crippen MR) is 77.4 cm³/mol. The lowest BCUT2D eigenvalue weighted by Gasteiger charge is -2.04. The fourth-order valence-corrected chi connectivity index (χ4v) is 3.00. The molecule has 0 aliphatic heterocycles. The van der Waals surface area contributed by atoms with Crippen LogP contribution < -0.4 is 0 Å². The number of hydrogen-bond acceptors (Lipinski definition) is 3. The van der Waals surface area contributed by atoms with Gasteiger partial charge in [-0.15, -0.1) is 11.3 Å². The smallest absolute Gasteiger partial charge is 0.335 e. The van der Waals surface area contributed by atoms with Gasteiger partial charge >= 0.3 is 11.9 Å². The van der Waals surface area contributed by atoms with Crippen LogP contribution in [0.25, 0.3) is 10.4 Å². The van der Waals surface area contributed by atoms with E-state index in [0.717, 1.165) is 15.3 Å². The van der Waals surface area contributed by atoms with Crippen LogP contribution in [0.1, 0.15) is 34.5 Å². The third-order valence-electron chi connectivity index (χ3n) is 2.99. The van der Waals surface area contributed by atoms with Gasteiger partial charge in [0, 0.05) is 15.7 Å². The second kappa shape index (κ2) is 5.88. The van der Waals surface area contributed by atoms with Gasteiger partial charge in [0.2, 0.25) is 0 Å². The molecule has 0 radical (unpaired) electrons. The summed E-state index contributed by atoms with van der Waals surface area (Å²) in [4.78, 5) is 23.6. The summed E-state index contributed by atoms with van der Waals surface area (Å²) in [6.45, 7) is 1.87. The average Bonchev–Trinajstić information content (AvgIpc) is 2.87. The van der Waals surface area contributed by atoms with Crippen molar-refractivity contribution in [2.24, 2.45) is 0 Å². The van der Waals surface area contributed by atoms with Crippen molar-refractivity contribution in [2.45, 2.75) is 19.3 Å². The number of carboxylic acids is 2. The molecule has 0 saturated carbocycles. The van der Waals surface area contributed by atoms with Crippen LogP contribution in [0.4, 0.5) is 0 Å². The summed E-state index contributed by atoms with van der Waals surface area (Å²) < 4.78 is 0. The number of benzene rings is 1. The van der Waals surface area contributed by atoms with Gasteiger partial charge in [-0.2, -0.15) is 0 Å². The SMILES string of the molecule is CC(CC(=O)O)c1ccc(-c2cccc(C(=O)O)c2)s1. The maximum Gasteiger partial charge on any atom is 0.335 e. The Labute approximate surface area is 120 Å². The third-order valence-corrected chi connectivity index (χ3v) is 4.35. The van der Waals surface area contributed by atoms with Crippen molar-refractivity contribution >= 4 is 23.3 Å². The zero-order chi connectivity index (χ0) is 14.7. The molecule has 4 nitrogen and oxygen atoms in total. The summed E-state index contributed by atoms with van der Waals surface area (Å²) in [6, 6.07) is 10.5. The van der Waals surface area contributed by atoms with E-state index in [1.54, 1.807) is 18.2 Å². The van der Waals surface area contributed by atoms with Gasteiger partial charge in [-0.25, -0.2) is 4.79 Å². The highest BCUT2D eigenvalue weighted by Crippen LogP contribution is 2.33. The van der Waals surface area contributed by atoms with Crippen molar-refractivity contribution in [3.05, 3.63) is 46.8 Å². The molecule has 1 aromatic carbocycles. The van der Waals surface area contributed by atoms with Crippen LogP contribution in [-0.4, -0.2) is 22.2 Å². The summed E-state index contributed by atoms with van der Waals surface area (Å²) in [6.07, 6.45) is 0.0924. The maximum atomic E-state index is 11.0. The molecule has 1 unspecified atom stereocenters. The first-order valence-electron chi connectivity index (χ1n) is 6.12. The monoisotopic (exact) mass is 290 g/mol. The number of rotatable bonds is 5.